The van der Waals surface area contributed by atoms with Crippen molar-refractivity contribution in [3.8, 4) is 0 Å². The van der Waals surface area contributed by atoms with Gasteiger partial charge in [-0.2, -0.15) is 0 Å². The van der Waals surface area contributed by atoms with E-state index in [0.717, 1.165) is 16.9 Å². The van der Waals surface area contributed by atoms with Crippen molar-refractivity contribution in [1.82, 2.24) is 5.32 Å². The average Bonchev–Trinajstić information content (AvgIpc) is 3.26. The second-order valence-corrected chi connectivity index (χ2v) is 8.97. The Balaban J connectivity index is 1.71. The summed E-state index contributed by atoms with van der Waals surface area (Å²) in [7, 11) is 4.02. The minimum atomic E-state index is -0.558. The first kappa shape index (κ1) is 21.9. The van der Waals surface area contributed by atoms with Crippen LogP contribution in [-0.2, 0) is 14.3 Å². The van der Waals surface area contributed by atoms with Gasteiger partial charge in [0, 0.05) is 43.2 Å². The highest BCUT2D eigenvalue weighted by molar-refractivity contribution is 6.04. The zero-order valence-electron chi connectivity index (χ0n) is 19.3. The van der Waals surface area contributed by atoms with Crippen LogP contribution in [0.3, 0.4) is 0 Å². The maximum absolute atomic E-state index is 13.5. The first-order valence-corrected chi connectivity index (χ1v) is 11.0. The van der Waals surface area contributed by atoms with Gasteiger partial charge in [0.1, 0.15) is 5.76 Å². The van der Waals surface area contributed by atoms with Gasteiger partial charge in [-0.05, 0) is 62.9 Å². The standard InChI is InChI=1S/C26H30N2O4/c1-15(2)32-26(30)23-16(3)27-20-13-18(17-8-10-19(11-9-17)28(4)5)14-21(29)24(20)25(23)22-7-6-12-31-22/h6-12,15,18,25,27H,13-14H2,1-5H3/t18-,25+/m0/s1. The number of hydrogen-bond acceptors (Lipinski definition) is 6. The zero-order valence-corrected chi connectivity index (χ0v) is 19.3. The third-order valence-electron chi connectivity index (χ3n) is 6.10. The summed E-state index contributed by atoms with van der Waals surface area (Å²) in [6, 6.07) is 11.9. The lowest BCUT2D eigenvalue weighted by Gasteiger charge is -2.36. The van der Waals surface area contributed by atoms with Gasteiger partial charge in [-0.25, -0.2) is 4.79 Å². The normalized spacial score (nSPS) is 20.9. The Labute approximate surface area is 188 Å². The maximum atomic E-state index is 13.5. The number of esters is 1. The topological polar surface area (TPSA) is 71.8 Å². The van der Waals surface area contributed by atoms with E-state index in [-0.39, 0.29) is 17.8 Å². The van der Waals surface area contributed by atoms with E-state index < -0.39 is 11.9 Å². The van der Waals surface area contributed by atoms with Gasteiger partial charge >= 0.3 is 5.97 Å². The summed E-state index contributed by atoms with van der Waals surface area (Å²) in [6.07, 6.45) is 2.40. The van der Waals surface area contributed by atoms with Crippen LogP contribution in [0.1, 0.15) is 56.8 Å². The molecule has 0 spiro atoms. The average molecular weight is 435 g/mol. The number of carbonyl (C=O) groups excluding carboxylic acids is 2. The van der Waals surface area contributed by atoms with Crippen molar-refractivity contribution in [1.29, 1.82) is 0 Å². The van der Waals surface area contributed by atoms with E-state index in [9.17, 15) is 9.59 Å². The Morgan fingerprint density at radius 1 is 1.16 bits per heavy atom. The second kappa shape index (κ2) is 8.69. The largest absolute Gasteiger partial charge is 0.468 e. The fraction of sp³-hybridized carbons (Fsp3) is 0.385. The number of anilines is 1. The summed E-state index contributed by atoms with van der Waals surface area (Å²) in [6.45, 7) is 5.49. The number of benzene rings is 1. The number of carbonyl (C=O) groups is 2. The van der Waals surface area contributed by atoms with Gasteiger partial charge in [-0.3, -0.25) is 4.79 Å². The van der Waals surface area contributed by atoms with Crippen LogP contribution in [0.2, 0.25) is 0 Å². The minimum absolute atomic E-state index is 0.0317. The quantitative estimate of drug-likeness (QED) is 0.690. The molecular weight excluding hydrogens is 404 g/mol. The summed E-state index contributed by atoms with van der Waals surface area (Å²) in [5, 5.41) is 3.36. The number of ketones is 1. The number of nitrogens with one attached hydrogen (secondary N) is 1. The van der Waals surface area contributed by atoms with Crippen molar-refractivity contribution >= 4 is 17.4 Å². The van der Waals surface area contributed by atoms with E-state index in [1.165, 1.54) is 0 Å². The molecule has 32 heavy (non-hydrogen) atoms. The summed E-state index contributed by atoms with van der Waals surface area (Å²) in [5.41, 5.74) is 4.88. The van der Waals surface area contributed by atoms with Crippen LogP contribution < -0.4 is 10.2 Å². The molecule has 0 bridgehead atoms. The monoisotopic (exact) mass is 434 g/mol. The van der Waals surface area contributed by atoms with Crippen LogP contribution in [0.25, 0.3) is 0 Å². The van der Waals surface area contributed by atoms with Gasteiger partial charge in [0.2, 0.25) is 0 Å². The molecule has 1 aromatic heterocycles. The SMILES string of the molecule is CC1=C(C(=O)OC(C)C)[C@@H](c2ccco2)C2=C(C[C@H](c3ccc(N(C)C)cc3)CC2=O)N1. The molecule has 168 valence electrons. The second-order valence-electron chi connectivity index (χ2n) is 8.97. The van der Waals surface area contributed by atoms with Crippen LogP contribution in [0.5, 0.6) is 0 Å². The fourth-order valence-corrected chi connectivity index (χ4v) is 4.61. The molecule has 1 aromatic carbocycles. The summed E-state index contributed by atoms with van der Waals surface area (Å²) in [4.78, 5) is 28.5. The van der Waals surface area contributed by atoms with Crippen molar-refractivity contribution in [3.05, 3.63) is 76.5 Å². The number of hydrogen-bond donors (Lipinski definition) is 1. The molecule has 6 nitrogen and oxygen atoms in total. The number of nitrogens with zero attached hydrogens (tertiary/aromatic N) is 1. The van der Waals surface area contributed by atoms with E-state index in [1.807, 2.05) is 40.9 Å². The Hall–Kier alpha value is -3.28. The van der Waals surface area contributed by atoms with Crippen LogP contribution in [0, 0.1) is 0 Å². The van der Waals surface area contributed by atoms with E-state index in [1.54, 1.807) is 12.3 Å². The van der Waals surface area contributed by atoms with Crippen LogP contribution in [0.15, 0.2) is 69.6 Å². The number of dihydropyridines is 1. The maximum Gasteiger partial charge on any atom is 0.337 e. The van der Waals surface area contributed by atoms with Crippen molar-refractivity contribution in [2.45, 2.75) is 51.6 Å². The third kappa shape index (κ3) is 4.09. The molecule has 4 rings (SSSR count). The van der Waals surface area contributed by atoms with Gasteiger partial charge in [0.05, 0.1) is 23.9 Å². The minimum Gasteiger partial charge on any atom is -0.468 e. The van der Waals surface area contributed by atoms with Gasteiger partial charge in [-0.1, -0.05) is 12.1 Å². The predicted molar refractivity (Wildman–Crippen MR) is 123 cm³/mol. The number of allylic oxidation sites excluding steroid dienone is 3. The van der Waals surface area contributed by atoms with E-state index >= 15 is 0 Å². The van der Waals surface area contributed by atoms with Crippen molar-refractivity contribution in [3.63, 3.8) is 0 Å². The molecule has 1 aliphatic heterocycles. The Morgan fingerprint density at radius 2 is 1.88 bits per heavy atom. The zero-order chi connectivity index (χ0) is 23.0. The third-order valence-corrected chi connectivity index (χ3v) is 6.10. The lowest BCUT2D eigenvalue weighted by atomic mass is 9.73. The highest BCUT2D eigenvalue weighted by Gasteiger charge is 2.42. The van der Waals surface area contributed by atoms with Crippen LogP contribution >= 0.6 is 0 Å². The molecule has 0 saturated carbocycles. The molecule has 2 atom stereocenters. The van der Waals surface area contributed by atoms with Gasteiger partial charge in [0.15, 0.2) is 5.78 Å². The molecule has 1 aliphatic carbocycles. The Kier molecular flexibility index (Phi) is 5.96. The molecule has 0 unspecified atom stereocenters. The fourth-order valence-electron chi connectivity index (χ4n) is 4.61. The molecule has 2 heterocycles. The Bertz CT molecular complexity index is 1080. The molecule has 0 amide bonds. The van der Waals surface area contributed by atoms with E-state index in [0.29, 0.717) is 35.4 Å². The van der Waals surface area contributed by atoms with Crippen LogP contribution in [-0.4, -0.2) is 32.0 Å². The summed E-state index contributed by atoms with van der Waals surface area (Å²) < 4.78 is 11.2. The molecule has 6 heteroatoms. The summed E-state index contributed by atoms with van der Waals surface area (Å²) in [5.74, 6) is -0.288. The summed E-state index contributed by atoms with van der Waals surface area (Å²) >= 11 is 0. The first-order valence-electron chi connectivity index (χ1n) is 11.0. The van der Waals surface area contributed by atoms with E-state index in [4.69, 9.17) is 9.15 Å². The smallest absolute Gasteiger partial charge is 0.337 e. The number of rotatable bonds is 5. The number of Topliss-reactive ketones (excluding diaryl/α,β-unsaturated/α-hetero) is 1. The number of ether oxygens (including phenoxy) is 1. The lowest BCUT2D eigenvalue weighted by molar-refractivity contribution is -0.143. The molecule has 0 saturated heterocycles. The lowest BCUT2D eigenvalue weighted by Crippen LogP contribution is -2.36. The first-order chi connectivity index (χ1) is 15.3. The highest BCUT2D eigenvalue weighted by Crippen LogP contribution is 2.46. The highest BCUT2D eigenvalue weighted by atomic mass is 16.5. The van der Waals surface area contributed by atoms with Gasteiger partial charge < -0.3 is 19.4 Å². The molecule has 0 radical (unpaired) electrons. The Morgan fingerprint density at radius 3 is 2.47 bits per heavy atom. The molecule has 2 aromatic rings. The molecule has 1 N–H and O–H groups in total. The van der Waals surface area contributed by atoms with Gasteiger partial charge in [0.25, 0.3) is 0 Å². The predicted octanol–water partition coefficient (Wildman–Crippen LogP) is 4.66. The molecule has 0 fully saturated rings. The number of furan rings is 1. The van der Waals surface area contributed by atoms with E-state index in [2.05, 4.69) is 34.5 Å². The van der Waals surface area contributed by atoms with Crippen molar-refractivity contribution in [2.75, 3.05) is 19.0 Å². The van der Waals surface area contributed by atoms with Crippen molar-refractivity contribution < 1.29 is 18.7 Å². The molecular formula is C26H30N2O4. The van der Waals surface area contributed by atoms with Gasteiger partial charge in [-0.15, -0.1) is 0 Å². The van der Waals surface area contributed by atoms with Crippen molar-refractivity contribution in [2.24, 2.45) is 0 Å². The molecule has 2 aliphatic rings. The van der Waals surface area contributed by atoms with Crippen LogP contribution in [0.4, 0.5) is 5.69 Å².